The van der Waals surface area contributed by atoms with E-state index in [0.29, 0.717) is 55.1 Å². The summed E-state index contributed by atoms with van der Waals surface area (Å²) in [6.45, 7) is 4.35. The van der Waals surface area contributed by atoms with Crippen LogP contribution in [0.1, 0.15) is 48.3 Å². The third-order valence-corrected chi connectivity index (χ3v) is 9.97. The van der Waals surface area contributed by atoms with Crippen LogP contribution in [0.5, 0.6) is 5.75 Å². The summed E-state index contributed by atoms with van der Waals surface area (Å²) in [5, 5.41) is 21.7. The Labute approximate surface area is 277 Å². The number of thioether (sulfide) groups is 1. The summed E-state index contributed by atoms with van der Waals surface area (Å²) in [6.07, 6.45) is 3.60. The monoisotopic (exact) mass is 679 g/mol. The molecule has 0 saturated carbocycles. The number of anilines is 1. The summed E-state index contributed by atoms with van der Waals surface area (Å²) in [5.74, 6) is -0.898. The lowest BCUT2D eigenvalue weighted by molar-refractivity contribution is -0.132. The molecule has 1 unspecified atom stereocenters. The van der Waals surface area contributed by atoms with E-state index in [1.165, 1.54) is 28.0 Å². The van der Waals surface area contributed by atoms with Gasteiger partial charge in [-0.2, -0.15) is 0 Å². The molecule has 5 aromatic rings. The highest BCUT2D eigenvalue weighted by Crippen LogP contribution is 2.45. The molecule has 6 rings (SSSR count). The molecule has 1 aliphatic rings. The Morgan fingerprint density at radius 1 is 1.09 bits per heavy atom. The number of unbranched alkanes of at least 4 members (excludes halogenated alkanes) is 1. The zero-order valence-electron chi connectivity index (χ0n) is 24.2. The standard InChI is InChI=1S/C32H27Cl2N5O4S2/c1-3-4-14-43-22-9-7-8-19(15-22)27-25(28(40)26-18(2)35-24-10-5-6-13-38(24)26)29(41)30(42)39(27)31-36-37-32(45-31)44-17-20-11-12-21(33)16-23(20)34/h5-13,15-16,27,40H,3-4,14,17H2,1-2H3. The number of carbonyl (C=O) groups excluding carboxylic acids is 2. The molecule has 0 bridgehead atoms. The largest absolute Gasteiger partial charge is 0.505 e. The van der Waals surface area contributed by atoms with Crippen LogP contribution in [0.2, 0.25) is 10.0 Å². The lowest BCUT2D eigenvalue weighted by Gasteiger charge is -2.23. The van der Waals surface area contributed by atoms with Crippen LogP contribution in [-0.4, -0.2) is 43.0 Å². The summed E-state index contributed by atoms with van der Waals surface area (Å²) in [5.41, 5.74) is 2.81. The number of aliphatic hydroxyl groups excluding tert-OH is 1. The molecule has 3 aromatic heterocycles. The van der Waals surface area contributed by atoms with Gasteiger partial charge in [-0.05, 0) is 60.9 Å². The molecule has 1 saturated heterocycles. The van der Waals surface area contributed by atoms with Crippen molar-refractivity contribution in [3.05, 3.63) is 105 Å². The fourth-order valence-corrected chi connectivity index (χ4v) is 7.54. The second-order valence-corrected chi connectivity index (χ2v) is 13.3. The quantitative estimate of drug-likeness (QED) is 0.0396. The third-order valence-electron chi connectivity index (χ3n) is 7.28. The van der Waals surface area contributed by atoms with Crippen molar-refractivity contribution in [1.82, 2.24) is 19.6 Å². The average molecular weight is 681 g/mol. The number of aliphatic hydroxyl groups is 1. The van der Waals surface area contributed by atoms with Crippen LogP contribution in [-0.2, 0) is 15.3 Å². The third kappa shape index (κ3) is 6.17. The van der Waals surface area contributed by atoms with E-state index in [4.69, 9.17) is 27.9 Å². The van der Waals surface area contributed by atoms with Crippen LogP contribution in [0, 0.1) is 6.92 Å². The molecule has 1 N–H and O–H groups in total. The highest BCUT2D eigenvalue weighted by molar-refractivity contribution is 8.00. The lowest BCUT2D eigenvalue weighted by Crippen LogP contribution is -2.29. The van der Waals surface area contributed by atoms with Gasteiger partial charge >= 0.3 is 5.91 Å². The number of imidazole rings is 1. The molecule has 230 valence electrons. The van der Waals surface area contributed by atoms with Gasteiger partial charge in [-0.15, -0.1) is 10.2 Å². The number of nitrogens with zero attached hydrogens (tertiary/aromatic N) is 5. The SMILES string of the molecule is CCCCOc1cccc(C2C(=C(O)c3c(C)nc4ccccn34)C(=O)C(=O)N2c2nnc(SCc3ccc(Cl)cc3Cl)s2)c1. The Morgan fingerprint density at radius 3 is 2.73 bits per heavy atom. The number of benzene rings is 2. The number of carbonyl (C=O) groups is 2. The van der Waals surface area contributed by atoms with Gasteiger partial charge in [0, 0.05) is 22.0 Å². The van der Waals surface area contributed by atoms with Gasteiger partial charge < -0.3 is 9.84 Å². The van der Waals surface area contributed by atoms with E-state index in [9.17, 15) is 14.7 Å². The Bertz CT molecular complexity index is 1960. The number of amides is 1. The van der Waals surface area contributed by atoms with Gasteiger partial charge in [-0.3, -0.25) is 18.9 Å². The molecule has 4 heterocycles. The molecule has 1 atom stereocenters. The normalized spacial score (nSPS) is 16.2. The minimum absolute atomic E-state index is 0.0724. The van der Waals surface area contributed by atoms with Crippen molar-refractivity contribution in [3.8, 4) is 5.75 Å². The first-order valence-electron chi connectivity index (χ1n) is 14.1. The van der Waals surface area contributed by atoms with E-state index in [0.717, 1.165) is 18.4 Å². The summed E-state index contributed by atoms with van der Waals surface area (Å²) in [4.78, 5) is 33.4. The first-order chi connectivity index (χ1) is 21.8. The first-order valence-corrected chi connectivity index (χ1v) is 16.7. The number of Topliss-reactive ketones (excluding diaryl/α,β-unsaturated/α-hetero) is 1. The molecule has 9 nitrogen and oxygen atoms in total. The second kappa shape index (κ2) is 13.2. The van der Waals surface area contributed by atoms with Gasteiger partial charge in [0.25, 0.3) is 5.78 Å². The fourth-order valence-electron chi connectivity index (χ4n) is 5.12. The summed E-state index contributed by atoms with van der Waals surface area (Å²) < 4.78 is 8.22. The predicted molar refractivity (Wildman–Crippen MR) is 177 cm³/mol. The van der Waals surface area contributed by atoms with E-state index in [1.54, 1.807) is 60.0 Å². The summed E-state index contributed by atoms with van der Waals surface area (Å²) in [6, 6.07) is 16.9. The van der Waals surface area contributed by atoms with E-state index < -0.39 is 17.7 Å². The fraction of sp³-hybridized carbons (Fsp3) is 0.219. The number of rotatable bonds is 10. The van der Waals surface area contributed by atoms with Gasteiger partial charge in [-0.1, -0.05) is 83.9 Å². The van der Waals surface area contributed by atoms with Crippen molar-refractivity contribution in [2.24, 2.45) is 0 Å². The number of halogens is 2. The summed E-state index contributed by atoms with van der Waals surface area (Å²) in [7, 11) is 0. The van der Waals surface area contributed by atoms with Gasteiger partial charge in [0.1, 0.15) is 17.1 Å². The van der Waals surface area contributed by atoms with Crippen molar-refractivity contribution in [2.45, 2.75) is 42.8 Å². The Hall–Kier alpha value is -3.90. The van der Waals surface area contributed by atoms with Crippen LogP contribution in [0.15, 0.2) is 76.8 Å². The molecule has 1 fully saturated rings. The molecular formula is C32H27Cl2N5O4S2. The highest BCUT2D eigenvalue weighted by atomic mass is 35.5. The number of hydrogen-bond donors (Lipinski definition) is 1. The van der Waals surface area contributed by atoms with Crippen LogP contribution in [0.3, 0.4) is 0 Å². The van der Waals surface area contributed by atoms with Crippen LogP contribution < -0.4 is 9.64 Å². The Balaban J connectivity index is 1.42. The van der Waals surface area contributed by atoms with Gasteiger partial charge in [0.15, 0.2) is 10.1 Å². The predicted octanol–water partition coefficient (Wildman–Crippen LogP) is 7.90. The molecule has 1 amide bonds. The van der Waals surface area contributed by atoms with Crippen molar-refractivity contribution >= 4 is 74.5 Å². The first kappa shape index (κ1) is 31.1. The number of ether oxygens (including phenoxy) is 1. The Kier molecular flexibility index (Phi) is 9.14. The topological polar surface area (TPSA) is 110 Å². The molecule has 0 aliphatic carbocycles. The van der Waals surface area contributed by atoms with Gasteiger partial charge in [0.05, 0.1) is 23.9 Å². The van der Waals surface area contributed by atoms with Gasteiger partial charge in [-0.25, -0.2) is 4.98 Å². The zero-order chi connectivity index (χ0) is 31.7. The zero-order valence-corrected chi connectivity index (χ0v) is 27.4. The maximum Gasteiger partial charge on any atom is 0.301 e. The number of pyridine rings is 1. The second-order valence-electron chi connectivity index (χ2n) is 10.3. The molecule has 0 radical (unpaired) electrons. The molecule has 0 spiro atoms. The minimum atomic E-state index is -0.995. The molecular weight excluding hydrogens is 653 g/mol. The van der Waals surface area contributed by atoms with Crippen molar-refractivity contribution in [2.75, 3.05) is 11.5 Å². The average Bonchev–Trinajstić information content (AvgIpc) is 3.70. The number of aryl methyl sites for hydroxylation is 1. The van der Waals surface area contributed by atoms with Gasteiger partial charge in [0.2, 0.25) is 5.13 Å². The molecule has 1 aliphatic heterocycles. The number of ketones is 1. The molecule has 45 heavy (non-hydrogen) atoms. The van der Waals surface area contributed by atoms with E-state index in [2.05, 4.69) is 22.1 Å². The molecule has 2 aromatic carbocycles. The van der Waals surface area contributed by atoms with E-state index in [1.807, 2.05) is 18.2 Å². The number of aromatic nitrogens is 4. The van der Waals surface area contributed by atoms with Crippen molar-refractivity contribution in [1.29, 1.82) is 0 Å². The van der Waals surface area contributed by atoms with Crippen molar-refractivity contribution < 1.29 is 19.4 Å². The number of hydrogen-bond acceptors (Lipinski definition) is 9. The minimum Gasteiger partial charge on any atom is -0.505 e. The maximum atomic E-state index is 13.8. The van der Waals surface area contributed by atoms with Crippen LogP contribution in [0.4, 0.5) is 5.13 Å². The van der Waals surface area contributed by atoms with Crippen LogP contribution in [0.25, 0.3) is 11.4 Å². The lowest BCUT2D eigenvalue weighted by atomic mass is 9.96. The van der Waals surface area contributed by atoms with Crippen LogP contribution >= 0.6 is 46.3 Å². The smallest absolute Gasteiger partial charge is 0.301 e. The summed E-state index contributed by atoms with van der Waals surface area (Å²) >= 11 is 15.0. The van der Waals surface area contributed by atoms with Crippen molar-refractivity contribution in [3.63, 3.8) is 0 Å². The molecule has 13 heteroatoms. The maximum absolute atomic E-state index is 13.8. The number of fused-ring (bicyclic) bond motifs is 1. The highest BCUT2D eigenvalue weighted by Gasteiger charge is 2.49. The van der Waals surface area contributed by atoms with E-state index in [-0.39, 0.29) is 16.5 Å². The van der Waals surface area contributed by atoms with E-state index >= 15 is 0 Å². The Morgan fingerprint density at radius 2 is 1.93 bits per heavy atom.